The van der Waals surface area contributed by atoms with Crippen molar-refractivity contribution in [2.24, 2.45) is 0 Å². The summed E-state index contributed by atoms with van der Waals surface area (Å²) in [5.74, 6) is 0.754. The molecular weight excluding hydrogens is 182 g/mol. The second-order valence-corrected chi connectivity index (χ2v) is 5.18. The molecule has 0 bridgehead atoms. The third-order valence-corrected chi connectivity index (χ3v) is 4.19. The minimum absolute atomic E-state index is 0.514. The SMILES string of the molecule is c1ccc([C@@H]2CNC3(CCCC3)C2)cc1. The van der Waals surface area contributed by atoms with Crippen LogP contribution >= 0.6 is 0 Å². The van der Waals surface area contributed by atoms with Gasteiger partial charge in [-0.15, -0.1) is 0 Å². The predicted molar refractivity (Wildman–Crippen MR) is 63.0 cm³/mol. The van der Waals surface area contributed by atoms with E-state index in [1.54, 1.807) is 0 Å². The number of benzene rings is 1. The second-order valence-electron chi connectivity index (χ2n) is 5.18. The molecule has 1 aliphatic heterocycles. The molecule has 2 fully saturated rings. The molecule has 15 heavy (non-hydrogen) atoms. The average Bonchev–Trinajstić information content (AvgIpc) is 2.91. The van der Waals surface area contributed by atoms with Gasteiger partial charge in [0.05, 0.1) is 0 Å². The molecule has 0 unspecified atom stereocenters. The van der Waals surface area contributed by atoms with Crippen LogP contribution in [0.3, 0.4) is 0 Å². The van der Waals surface area contributed by atoms with Crippen molar-refractivity contribution in [3.8, 4) is 0 Å². The van der Waals surface area contributed by atoms with Crippen LogP contribution in [0.25, 0.3) is 0 Å². The maximum atomic E-state index is 3.78. The molecule has 3 rings (SSSR count). The lowest BCUT2D eigenvalue weighted by Crippen LogP contribution is -2.35. The van der Waals surface area contributed by atoms with Gasteiger partial charge in [0, 0.05) is 12.1 Å². The van der Waals surface area contributed by atoms with Crippen LogP contribution in [0.5, 0.6) is 0 Å². The molecule has 1 aromatic carbocycles. The van der Waals surface area contributed by atoms with E-state index in [4.69, 9.17) is 0 Å². The number of rotatable bonds is 1. The molecule has 0 aromatic heterocycles. The molecule has 1 aromatic rings. The lowest BCUT2D eigenvalue weighted by atomic mass is 9.88. The minimum Gasteiger partial charge on any atom is -0.311 e. The Kier molecular flexibility index (Phi) is 2.28. The largest absolute Gasteiger partial charge is 0.311 e. The molecule has 1 nitrogen and oxygen atoms in total. The Morgan fingerprint density at radius 3 is 2.53 bits per heavy atom. The van der Waals surface area contributed by atoms with Gasteiger partial charge in [-0.05, 0) is 30.7 Å². The van der Waals surface area contributed by atoms with E-state index < -0.39 is 0 Å². The maximum absolute atomic E-state index is 3.78. The summed E-state index contributed by atoms with van der Waals surface area (Å²) in [6.45, 7) is 1.18. The van der Waals surface area contributed by atoms with E-state index in [0.29, 0.717) is 5.54 Å². The van der Waals surface area contributed by atoms with E-state index in [-0.39, 0.29) is 0 Å². The number of hydrogen-bond donors (Lipinski definition) is 1. The zero-order chi connectivity index (χ0) is 10.1. The van der Waals surface area contributed by atoms with Crippen LogP contribution in [0.15, 0.2) is 30.3 Å². The van der Waals surface area contributed by atoms with Gasteiger partial charge in [0.15, 0.2) is 0 Å². The molecule has 2 aliphatic rings. The van der Waals surface area contributed by atoms with Gasteiger partial charge in [0.1, 0.15) is 0 Å². The van der Waals surface area contributed by atoms with Crippen LogP contribution < -0.4 is 5.32 Å². The fourth-order valence-corrected chi connectivity index (χ4v) is 3.35. The van der Waals surface area contributed by atoms with Crippen molar-refractivity contribution in [3.05, 3.63) is 35.9 Å². The molecule has 1 heteroatoms. The molecule has 1 atom stereocenters. The fraction of sp³-hybridized carbons (Fsp3) is 0.571. The van der Waals surface area contributed by atoms with Gasteiger partial charge in [0.2, 0.25) is 0 Å². The molecule has 80 valence electrons. The van der Waals surface area contributed by atoms with Crippen LogP contribution in [0.2, 0.25) is 0 Å². The van der Waals surface area contributed by atoms with Crippen molar-refractivity contribution in [1.82, 2.24) is 5.32 Å². The molecule has 0 radical (unpaired) electrons. The Balaban J connectivity index is 1.76. The van der Waals surface area contributed by atoms with Gasteiger partial charge in [0.25, 0.3) is 0 Å². The van der Waals surface area contributed by atoms with Crippen LogP contribution in [0.1, 0.15) is 43.6 Å². The van der Waals surface area contributed by atoms with E-state index in [0.717, 1.165) is 5.92 Å². The lowest BCUT2D eigenvalue weighted by Gasteiger charge is -2.23. The van der Waals surface area contributed by atoms with Crippen molar-refractivity contribution >= 4 is 0 Å². The molecule has 1 saturated heterocycles. The first-order chi connectivity index (χ1) is 7.38. The van der Waals surface area contributed by atoms with Gasteiger partial charge < -0.3 is 5.32 Å². The third-order valence-electron chi connectivity index (χ3n) is 4.19. The summed E-state index contributed by atoms with van der Waals surface area (Å²) in [4.78, 5) is 0. The maximum Gasteiger partial charge on any atom is 0.0188 e. The average molecular weight is 201 g/mol. The zero-order valence-corrected chi connectivity index (χ0v) is 9.21. The smallest absolute Gasteiger partial charge is 0.0188 e. The van der Waals surface area contributed by atoms with Crippen LogP contribution in [0, 0.1) is 0 Å². The van der Waals surface area contributed by atoms with E-state index in [1.165, 1.54) is 44.2 Å². The summed E-state index contributed by atoms with van der Waals surface area (Å²) in [5, 5.41) is 3.78. The van der Waals surface area contributed by atoms with Crippen molar-refractivity contribution in [2.75, 3.05) is 6.54 Å². The van der Waals surface area contributed by atoms with E-state index in [2.05, 4.69) is 35.6 Å². The molecule has 1 saturated carbocycles. The first-order valence-electron chi connectivity index (χ1n) is 6.18. The zero-order valence-electron chi connectivity index (χ0n) is 9.21. The third kappa shape index (κ3) is 1.69. The molecule has 1 spiro atoms. The van der Waals surface area contributed by atoms with Crippen molar-refractivity contribution in [3.63, 3.8) is 0 Å². The van der Waals surface area contributed by atoms with E-state index >= 15 is 0 Å². The summed E-state index contributed by atoms with van der Waals surface area (Å²) >= 11 is 0. The quantitative estimate of drug-likeness (QED) is 0.736. The van der Waals surface area contributed by atoms with Gasteiger partial charge in [-0.1, -0.05) is 43.2 Å². The number of nitrogens with one attached hydrogen (secondary N) is 1. The Morgan fingerprint density at radius 2 is 1.80 bits per heavy atom. The molecule has 0 amide bonds. The molecule has 1 N–H and O–H groups in total. The second kappa shape index (κ2) is 3.64. The Morgan fingerprint density at radius 1 is 1.07 bits per heavy atom. The first-order valence-corrected chi connectivity index (χ1v) is 6.18. The topological polar surface area (TPSA) is 12.0 Å². The van der Waals surface area contributed by atoms with Gasteiger partial charge >= 0.3 is 0 Å². The molecule has 1 heterocycles. The molecular formula is C14H19N. The number of hydrogen-bond acceptors (Lipinski definition) is 1. The summed E-state index contributed by atoms with van der Waals surface area (Å²) in [6, 6.07) is 11.0. The summed E-state index contributed by atoms with van der Waals surface area (Å²) in [5.41, 5.74) is 2.04. The highest BCUT2D eigenvalue weighted by molar-refractivity contribution is 5.23. The van der Waals surface area contributed by atoms with Crippen molar-refractivity contribution in [1.29, 1.82) is 0 Å². The summed E-state index contributed by atoms with van der Waals surface area (Å²) < 4.78 is 0. The Hall–Kier alpha value is -0.820. The highest BCUT2D eigenvalue weighted by Crippen LogP contribution is 2.41. The van der Waals surface area contributed by atoms with Crippen LogP contribution in [-0.4, -0.2) is 12.1 Å². The van der Waals surface area contributed by atoms with E-state index in [9.17, 15) is 0 Å². The minimum atomic E-state index is 0.514. The highest BCUT2D eigenvalue weighted by atomic mass is 15.0. The van der Waals surface area contributed by atoms with Crippen LogP contribution in [-0.2, 0) is 0 Å². The Bertz CT molecular complexity index is 324. The predicted octanol–water partition coefficient (Wildman–Crippen LogP) is 3.08. The summed E-state index contributed by atoms with van der Waals surface area (Å²) in [7, 11) is 0. The standard InChI is InChI=1S/C14H19N/c1-2-6-12(7-3-1)13-10-14(15-11-13)8-4-5-9-14/h1-3,6-7,13,15H,4-5,8-11H2/t13-/m0/s1. The normalized spacial score (nSPS) is 28.7. The van der Waals surface area contributed by atoms with Crippen molar-refractivity contribution in [2.45, 2.75) is 43.6 Å². The monoisotopic (exact) mass is 201 g/mol. The Labute approximate surface area is 91.9 Å². The van der Waals surface area contributed by atoms with Gasteiger partial charge in [-0.2, -0.15) is 0 Å². The van der Waals surface area contributed by atoms with E-state index in [1.807, 2.05) is 0 Å². The molecule has 1 aliphatic carbocycles. The van der Waals surface area contributed by atoms with Gasteiger partial charge in [-0.25, -0.2) is 0 Å². The highest BCUT2D eigenvalue weighted by Gasteiger charge is 2.40. The van der Waals surface area contributed by atoms with Crippen molar-refractivity contribution < 1.29 is 0 Å². The first kappa shape index (κ1) is 9.41. The van der Waals surface area contributed by atoms with Gasteiger partial charge in [-0.3, -0.25) is 0 Å². The van der Waals surface area contributed by atoms with Crippen LogP contribution in [0.4, 0.5) is 0 Å². The summed E-state index contributed by atoms with van der Waals surface area (Å²) in [6.07, 6.45) is 7.01. The fourth-order valence-electron chi connectivity index (χ4n) is 3.35. The lowest BCUT2D eigenvalue weighted by molar-refractivity contribution is 0.384.